The van der Waals surface area contributed by atoms with Crippen LogP contribution in [0.2, 0.25) is 0 Å². The molecule has 0 amide bonds. The van der Waals surface area contributed by atoms with E-state index in [1.807, 2.05) is 19.1 Å². The van der Waals surface area contributed by atoms with Gasteiger partial charge in [-0.15, -0.1) is 11.3 Å². The Morgan fingerprint density at radius 2 is 2.10 bits per heavy atom. The van der Waals surface area contributed by atoms with E-state index >= 15 is 0 Å². The molecule has 0 spiro atoms. The van der Waals surface area contributed by atoms with Gasteiger partial charge in [-0.2, -0.15) is 0 Å². The van der Waals surface area contributed by atoms with Crippen LogP contribution in [0.25, 0.3) is 10.7 Å². The number of pyridine rings is 1. The van der Waals surface area contributed by atoms with Gasteiger partial charge in [0.25, 0.3) is 0 Å². The summed E-state index contributed by atoms with van der Waals surface area (Å²) >= 11 is 1.16. The summed E-state index contributed by atoms with van der Waals surface area (Å²) in [5.41, 5.74) is 1.74. The number of thiazole rings is 1. The molecule has 104 valence electrons. The highest BCUT2D eigenvalue weighted by Gasteiger charge is 2.23. The molecular weight excluding hydrogens is 276 g/mol. The van der Waals surface area contributed by atoms with Gasteiger partial charge in [0, 0.05) is 13.1 Å². The number of carbonyl (C=O) groups excluding carboxylic acids is 2. The lowest BCUT2D eigenvalue weighted by Crippen LogP contribution is -2.09. The van der Waals surface area contributed by atoms with Gasteiger partial charge in [0.2, 0.25) is 0 Å². The van der Waals surface area contributed by atoms with Gasteiger partial charge in [0.1, 0.15) is 9.88 Å². The Balaban J connectivity index is 2.46. The van der Waals surface area contributed by atoms with Gasteiger partial charge in [-0.3, -0.25) is 9.78 Å². The Labute approximate surface area is 120 Å². The zero-order valence-electron chi connectivity index (χ0n) is 11.5. The van der Waals surface area contributed by atoms with Crippen molar-refractivity contribution in [1.29, 1.82) is 0 Å². The summed E-state index contributed by atoms with van der Waals surface area (Å²) in [6.07, 6.45) is 1.72. The highest BCUT2D eigenvalue weighted by molar-refractivity contribution is 7.17. The van der Waals surface area contributed by atoms with E-state index in [1.54, 1.807) is 13.1 Å². The number of aromatic nitrogens is 2. The molecule has 0 atom stereocenters. The molecule has 6 heteroatoms. The van der Waals surface area contributed by atoms with Crippen molar-refractivity contribution in [3.8, 4) is 10.7 Å². The Morgan fingerprint density at radius 1 is 1.35 bits per heavy atom. The summed E-state index contributed by atoms with van der Waals surface area (Å²) in [4.78, 5) is 32.2. The summed E-state index contributed by atoms with van der Waals surface area (Å²) in [5.74, 6) is -0.781. The van der Waals surface area contributed by atoms with Crippen LogP contribution >= 0.6 is 11.3 Å². The highest BCUT2D eigenvalue weighted by atomic mass is 32.1. The normalized spacial score (nSPS) is 10.3. The number of ketones is 1. The van der Waals surface area contributed by atoms with Gasteiger partial charge in [0.15, 0.2) is 11.5 Å². The van der Waals surface area contributed by atoms with Crippen molar-refractivity contribution in [2.75, 3.05) is 6.61 Å². The van der Waals surface area contributed by atoms with E-state index in [4.69, 9.17) is 4.74 Å². The van der Waals surface area contributed by atoms with Crippen LogP contribution in [-0.4, -0.2) is 28.3 Å². The molecule has 0 aromatic carbocycles. The molecule has 5 nitrogen and oxygen atoms in total. The number of nitrogens with zero attached hydrogens (tertiary/aromatic N) is 2. The summed E-state index contributed by atoms with van der Waals surface area (Å²) in [5, 5.41) is 0.540. The summed E-state index contributed by atoms with van der Waals surface area (Å²) in [7, 11) is 0. The fourth-order valence-electron chi connectivity index (χ4n) is 1.60. The van der Waals surface area contributed by atoms with Gasteiger partial charge in [0.05, 0.1) is 12.3 Å². The van der Waals surface area contributed by atoms with E-state index in [-0.39, 0.29) is 18.1 Å². The van der Waals surface area contributed by atoms with Crippen molar-refractivity contribution in [2.45, 2.75) is 20.8 Å². The quantitative estimate of drug-likeness (QED) is 0.639. The summed E-state index contributed by atoms with van der Waals surface area (Å²) < 4.78 is 4.92. The monoisotopic (exact) mass is 290 g/mol. The molecule has 0 saturated heterocycles. The molecule has 0 aliphatic heterocycles. The first-order chi connectivity index (χ1) is 9.52. The van der Waals surface area contributed by atoms with E-state index in [2.05, 4.69) is 9.97 Å². The SMILES string of the molecule is CCOC(=O)c1nc(-c2ccc(C)cn2)sc1C(C)=O. The molecule has 2 rings (SSSR count). The largest absolute Gasteiger partial charge is 0.461 e. The minimum atomic E-state index is -0.577. The van der Waals surface area contributed by atoms with E-state index < -0.39 is 5.97 Å². The average molecular weight is 290 g/mol. The second kappa shape index (κ2) is 5.92. The Morgan fingerprint density at radius 3 is 2.65 bits per heavy atom. The van der Waals surface area contributed by atoms with Crippen LogP contribution < -0.4 is 0 Å². The van der Waals surface area contributed by atoms with E-state index in [0.717, 1.165) is 16.9 Å². The smallest absolute Gasteiger partial charge is 0.358 e. The van der Waals surface area contributed by atoms with Crippen LogP contribution in [0.5, 0.6) is 0 Å². The number of hydrogen-bond acceptors (Lipinski definition) is 6. The zero-order chi connectivity index (χ0) is 14.7. The molecule has 2 heterocycles. The van der Waals surface area contributed by atoms with E-state index in [1.165, 1.54) is 6.92 Å². The first kappa shape index (κ1) is 14.3. The molecule has 0 unspecified atom stereocenters. The van der Waals surface area contributed by atoms with Gasteiger partial charge < -0.3 is 4.74 Å². The second-order valence-electron chi connectivity index (χ2n) is 4.19. The molecule has 20 heavy (non-hydrogen) atoms. The standard InChI is InChI=1S/C14H14N2O3S/c1-4-19-14(18)11-12(9(3)17)20-13(16-11)10-6-5-8(2)7-15-10/h5-7H,4H2,1-3H3. The van der Waals surface area contributed by atoms with Gasteiger partial charge in [-0.25, -0.2) is 9.78 Å². The predicted molar refractivity (Wildman–Crippen MR) is 76.0 cm³/mol. The highest BCUT2D eigenvalue weighted by Crippen LogP contribution is 2.27. The number of carbonyl (C=O) groups is 2. The molecule has 0 N–H and O–H groups in total. The number of aryl methyl sites for hydroxylation is 1. The van der Waals surface area contributed by atoms with Gasteiger partial charge in [-0.1, -0.05) is 6.07 Å². The molecule has 0 aliphatic rings. The third-order valence-electron chi connectivity index (χ3n) is 2.55. The first-order valence-electron chi connectivity index (χ1n) is 6.14. The lowest BCUT2D eigenvalue weighted by atomic mass is 10.2. The molecule has 2 aromatic rings. The molecule has 0 radical (unpaired) electrons. The summed E-state index contributed by atoms with van der Waals surface area (Å²) in [6.45, 7) is 5.29. The summed E-state index contributed by atoms with van der Waals surface area (Å²) in [6, 6.07) is 3.72. The number of esters is 1. The lowest BCUT2D eigenvalue weighted by molar-refractivity contribution is 0.0517. The molecule has 2 aromatic heterocycles. The van der Waals surface area contributed by atoms with E-state index in [0.29, 0.717) is 15.6 Å². The predicted octanol–water partition coefficient (Wildman–Crippen LogP) is 2.89. The maximum atomic E-state index is 11.8. The minimum Gasteiger partial charge on any atom is -0.461 e. The topological polar surface area (TPSA) is 69.2 Å². The maximum absolute atomic E-state index is 11.8. The second-order valence-corrected chi connectivity index (χ2v) is 5.19. The van der Waals surface area contributed by atoms with Crippen LogP contribution in [0.1, 0.15) is 39.6 Å². The van der Waals surface area contributed by atoms with Crippen molar-refractivity contribution in [2.24, 2.45) is 0 Å². The fraction of sp³-hybridized carbons (Fsp3) is 0.286. The minimum absolute atomic E-state index is 0.0710. The zero-order valence-corrected chi connectivity index (χ0v) is 12.3. The Kier molecular flexibility index (Phi) is 4.24. The Bertz CT molecular complexity index is 647. The average Bonchev–Trinajstić information content (AvgIpc) is 2.85. The lowest BCUT2D eigenvalue weighted by Gasteiger charge is -1.98. The molecular formula is C14H14N2O3S. The van der Waals surface area contributed by atoms with Crippen LogP contribution in [0, 0.1) is 6.92 Å². The van der Waals surface area contributed by atoms with Gasteiger partial charge >= 0.3 is 5.97 Å². The first-order valence-corrected chi connectivity index (χ1v) is 6.96. The van der Waals surface area contributed by atoms with Gasteiger partial charge in [-0.05, 0) is 25.5 Å². The Hall–Kier alpha value is -2.08. The van der Waals surface area contributed by atoms with Crippen LogP contribution in [0.3, 0.4) is 0 Å². The third-order valence-corrected chi connectivity index (χ3v) is 3.72. The van der Waals surface area contributed by atoms with Crippen molar-refractivity contribution in [3.05, 3.63) is 34.5 Å². The molecule has 0 saturated carbocycles. The van der Waals surface area contributed by atoms with Crippen LogP contribution in [0.15, 0.2) is 18.3 Å². The number of hydrogen-bond donors (Lipinski definition) is 0. The van der Waals surface area contributed by atoms with Crippen molar-refractivity contribution < 1.29 is 14.3 Å². The molecule has 0 aliphatic carbocycles. The van der Waals surface area contributed by atoms with Crippen LogP contribution in [0.4, 0.5) is 0 Å². The van der Waals surface area contributed by atoms with Crippen LogP contribution in [-0.2, 0) is 4.74 Å². The number of rotatable bonds is 4. The number of ether oxygens (including phenoxy) is 1. The third kappa shape index (κ3) is 2.91. The fourth-order valence-corrected chi connectivity index (χ4v) is 2.53. The van der Waals surface area contributed by atoms with Crippen molar-refractivity contribution >= 4 is 23.1 Å². The number of Topliss-reactive ketones (excluding diaryl/α,β-unsaturated/α-hetero) is 1. The van der Waals surface area contributed by atoms with E-state index in [9.17, 15) is 9.59 Å². The molecule has 0 bridgehead atoms. The van der Waals surface area contributed by atoms with Crippen molar-refractivity contribution in [1.82, 2.24) is 9.97 Å². The molecule has 0 fully saturated rings. The maximum Gasteiger partial charge on any atom is 0.358 e. The van der Waals surface area contributed by atoms with Crippen molar-refractivity contribution in [3.63, 3.8) is 0 Å².